The SMILES string of the molecule is C.C.CC(=O)c1cc(Cl)cc(Br)c1.CC(O)(c1cc(Cl)cc(Br)c1)C(F)(F)F. The molecule has 0 amide bonds. The molecule has 9 heteroatoms. The second-order valence-corrected chi connectivity index (χ2v) is 8.15. The molecule has 0 fully saturated rings. The van der Waals surface area contributed by atoms with Crippen molar-refractivity contribution in [2.75, 3.05) is 0 Å². The zero-order valence-corrected chi connectivity index (χ0v) is 18.1. The van der Waals surface area contributed by atoms with Crippen LogP contribution in [0.1, 0.15) is 44.6 Å². The summed E-state index contributed by atoms with van der Waals surface area (Å²) in [6, 6.07) is 8.84. The fourth-order valence-electron chi connectivity index (χ4n) is 1.76. The molecule has 158 valence electrons. The minimum atomic E-state index is -4.74. The molecule has 0 spiro atoms. The molecule has 1 unspecified atom stereocenters. The lowest BCUT2D eigenvalue weighted by molar-refractivity contribution is -0.258. The third-order valence-electron chi connectivity index (χ3n) is 3.25. The van der Waals surface area contributed by atoms with Crippen molar-refractivity contribution in [3.8, 4) is 0 Å². The minimum Gasteiger partial charge on any atom is -0.376 e. The molecule has 0 aliphatic heterocycles. The van der Waals surface area contributed by atoms with Gasteiger partial charge in [0.05, 0.1) is 0 Å². The maximum Gasteiger partial charge on any atom is 0.421 e. The number of ketones is 1. The van der Waals surface area contributed by atoms with E-state index in [4.69, 9.17) is 23.2 Å². The highest BCUT2D eigenvalue weighted by Crippen LogP contribution is 2.40. The Balaban J connectivity index is 0. The topological polar surface area (TPSA) is 37.3 Å². The van der Waals surface area contributed by atoms with Gasteiger partial charge in [-0.3, -0.25) is 4.79 Å². The molecular formula is C19H21Br2Cl2F3O2. The van der Waals surface area contributed by atoms with Crippen LogP contribution in [-0.2, 0) is 5.60 Å². The maximum absolute atomic E-state index is 12.5. The number of aliphatic hydroxyl groups is 1. The largest absolute Gasteiger partial charge is 0.421 e. The first-order valence-corrected chi connectivity index (χ1v) is 9.31. The van der Waals surface area contributed by atoms with Gasteiger partial charge in [0.2, 0.25) is 0 Å². The van der Waals surface area contributed by atoms with Gasteiger partial charge in [-0.15, -0.1) is 0 Å². The average Bonchev–Trinajstić information content (AvgIpc) is 2.44. The van der Waals surface area contributed by atoms with Gasteiger partial charge in [-0.1, -0.05) is 69.9 Å². The van der Waals surface area contributed by atoms with Crippen LogP contribution in [0.4, 0.5) is 13.2 Å². The summed E-state index contributed by atoms with van der Waals surface area (Å²) in [5, 5.41) is 10.1. The van der Waals surface area contributed by atoms with Crippen molar-refractivity contribution in [3.63, 3.8) is 0 Å². The Kier molecular flexibility index (Phi) is 12.2. The standard InChI is InChI=1S/C9H7BrClF3O.C8H6BrClO.2CH4/c1-8(15,9(12,13)14)5-2-6(10)4-7(11)3-5;1-5(11)6-2-7(9)4-8(10)3-6;;/h2-4,15H,1H3;2-4H,1H3;2*1H4. The Morgan fingerprint density at radius 2 is 1.36 bits per heavy atom. The van der Waals surface area contributed by atoms with Crippen LogP contribution in [0.3, 0.4) is 0 Å². The highest BCUT2D eigenvalue weighted by molar-refractivity contribution is 9.10. The second-order valence-electron chi connectivity index (χ2n) is 5.44. The van der Waals surface area contributed by atoms with Crippen molar-refractivity contribution in [1.29, 1.82) is 0 Å². The third-order valence-corrected chi connectivity index (χ3v) is 4.60. The first-order chi connectivity index (χ1) is 11.7. The lowest BCUT2D eigenvalue weighted by Gasteiger charge is -2.26. The van der Waals surface area contributed by atoms with Crippen molar-refractivity contribution in [3.05, 3.63) is 66.5 Å². The number of carbonyl (C=O) groups excluding carboxylic acids is 1. The molecule has 28 heavy (non-hydrogen) atoms. The quantitative estimate of drug-likeness (QED) is 0.369. The Morgan fingerprint density at radius 1 is 0.929 bits per heavy atom. The summed E-state index contributed by atoms with van der Waals surface area (Å²) in [6.45, 7) is 2.20. The van der Waals surface area contributed by atoms with Gasteiger partial charge >= 0.3 is 6.18 Å². The molecule has 1 N–H and O–H groups in total. The van der Waals surface area contributed by atoms with Gasteiger partial charge in [-0.05, 0) is 55.8 Å². The van der Waals surface area contributed by atoms with Crippen molar-refractivity contribution in [2.45, 2.75) is 40.5 Å². The van der Waals surface area contributed by atoms with E-state index in [0.29, 0.717) is 22.0 Å². The van der Waals surface area contributed by atoms with Gasteiger partial charge in [0.15, 0.2) is 11.4 Å². The van der Waals surface area contributed by atoms with Gasteiger partial charge in [-0.25, -0.2) is 0 Å². The van der Waals surface area contributed by atoms with Crippen molar-refractivity contribution >= 4 is 60.8 Å². The molecule has 1 atom stereocenters. The number of alkyl halides is 3. The molecule has 2 rings (SSSR count). The third kappa shape index (κ3) is 8.41. The predicted molar refractivity (Wildman–Crippen MR) is 117 cm³/mol. The van der Waals surface area contributed by atoms with Gasteiger partial charge in [-0.2, -0.15) is 13.2 Å². The fourth-order valence-corrected chi connectivity index (χ4v) is 3.48. The number of rotatable bonds is 2. The molecule has 0 aliphatic carbocycles. The molecular weight excluding hydrogens is 548 g/mol. The first kappa shape index (κ1) is 29.6. The zero-order valence-electron chi connectivity index (χ0n) is 13.5. The summed E-state index contributed by atoms with van der Waals surface area (Å²) in [5.74, 6) is 0.0215. The summed E-state index contributed by atoms with van der Waals surface area (Å²) >= 11 is 17.6. The highest BCUT2D eigenvalue weighted by Gasteiger charge is 2.51. The molecule has 2 nitrogen and oxygen atoms in total. The van der Waals surface area contributed by atoms with E-state index >= 15 is 0 Å². The van der Waals surface area contributed by atoms with E-state index in [0.717, 1.165) is 10.5 Å². The molecule has 0 heterocycles. The van der Waals surface area contributed by atoms with E-state index in [1.807, 2.05) is 0 Å². The van der Waals surface area contributed by atoms with E-state index in [2.05, 4.69) is 31.9 Å². The number of carbonyl (C=O) groups is 1. The Morgan fingerprint density at radius 3 is 1.71 bits per heavy atom. The number of benzene rings is 2. The Hall–Kier alpha value is -0.600. The average molecular weight is 569 g/mol. The van der Waals surface area contributed by atoms with Crippen LogP contribution in [0.15, 0.2) is 45.3 Å². The summed E-state index contributed by atoms with van der Waals surface area (Å²) in [6.07, 6.45) is -4.74. The summed E-state index contributed by atoms with van der Waals surface area (Å²) < 4.78 is 38.6. The number of Topliss-reactive ketones (excluding diaryl/α,β-unsaturated/α-hetero) is 1. The van der Waals surface area contributed by atoms with Crippen molar-refractivity contribution in [2.24, 2.45) is 0 Å². The minimum absolute atomic E-state index is 0. The normalized spacial score (nSPS) is 12.5. The van der Waals surface area contributed by atoms with Crippen LogP contribution in [-0.4, -0.2) is 17.1 Å². The van der Waals surface area contributed by atoms with Crippen LogP contribution in [0, 0.1) is 0 Å². The lowest BCUT2D eigenvalue weighted by atomic mass is 9.96. The highest BCUT2D eigenvalue weighted by atomic mass is 79.9. The summed E-state index contributed by atoms with van der Waals surface area (Å²) in [4.78, 5) is 10.9. The summed E-state index contributed by atoms with van der Waals surface area (Å²) in [5.41, 5.74) is -2.57. The van der Waals surface area contributed by atoms with Gasteiger partial charge in [0, 0.05) is 24.6 Å². The molecule has 0 bridgehead atoms. The van der Waals surface area contributed by atoms with Crippen LogP contribution < -0.4 is 0 Å². The van der Waals surface area contributed by atoms with Gasteiger partial charge in [0.25, 0.3) is 0 Å². The fraction of sp³-hybridized carbons (Fsp3) is 0.316. The molecule has 0 radical (unpaired) electrons. The number of halogens is 7. The first-order valence-electron chi connectivity index (χ1n) is 6.96. The van der Waals surface area contributed by atoms with E-state index in [-0.39, 0.29) is 31.2 Å². The second kappa shape index (κ2) is 11.6. The van der Waals surface area contributed by atoms with E-state index in [9.17, 15) is 23.1 Å². The lowest BCUT2D eigenvalue weighted by Crippen LogP contribution is -2.39. The molecule has 2 aromatic carbocycles. The molecule has 2 aromatic rings. The van der Waals surface area contributed by atoms with Crippen LogP contribution >= 0.6 is 55.1 Å². The van der Waals surface area contributed by atoms with Gasteiger partial charge in [0.1, 0.15) is 0 Å². The molecule has 0 aliphatic rings. The predicted octanol–water partition coefficient (Wildman–Crippen LogP) is 8.45. The Labute approximate surface area is 190 Å². The van der Waals surface area contributed by atoms with Crippen molar-refractivity contribution < 1.29 is 23.1 Å². The smallest absolute Gasteiger partial charge is 0.376 e. The number of hydrogen-bond donors (Lipinski definition) is 1. The molecule has 0 saturated carbocycles. The zero-order chi connectivity index (χ0) is 20.3. The molecule has 0 aromatic heterocycles. The van der Waals surface area contributed by atoms with E-state index in [1.165, 1.54) is 19.1 Å². The van der Waals surface area contributed by atoms with Crippen LogP contribution in [0.2, 0.25) is 10.0 Å². The van der Waals surface area contributed by atoms with Crippen LogP contribution in [0.25, 0.3) is 0 Å². The molecule has 0 saturated heterocycles. The monoisotopic (exact) mass is 566 g/mol. The Bertz CT molecular complexity index is 770. The summed E-state index contributed by atoms with van der Waals surface area (Å²) in [7, 11) is 0. The van der Waals surface area contributed by atoms with E-state index in [1.54, 1.807) is 18.2 Å². The van der Waals surface area contributed by atoms with Crippen LogP contribution in [0.5, 0.6) is 0 Å². The number of hydrogen-bond acceptors (Lipinski definition) is 2. The maximum atomic E-state index is 12.5. The van der Waals surface area contributed by atoms with Gasteiger partial charge < -0.3 is 5.11 Å². The van der Waals surface area contributed by atoms with Crippen molar-refractivity contribution in [1.82, 2.24) is 0 Å². The van der Waals surface area contributed by atoms with E-state index < -0.39 is 11.8 Å².